The number of hydrogen-bond donors (Lipinski definition) is 0. The Balaban J connectivity index is 1.34. The highest BCUT2D eigenvalue weighted by atomic mass is 32.1. The SMILES string of the molecule is c1ccc(-c2nc(-c3ccccc3)n(-c3ccc(-c4cccc5c4sc4ccccc45)cc3)c2-c2ccccc2)cc1. The Labute approximate surface area is 248 Å². The fourth-order valence-electron chi connectivity index (χ4n) is 5.88. The summed E-state index contributed by atoms with van der Waals surface area (Å²) in [6.45, 7) is 0. The van der Waals surface area contributed by atoms with Crippen molar-refractivity contribution < 1.29 is 0 Å². The quantitative estimate of drug-likeness (QED) is 0.207. The van der Waals surface area contributed by atoms with E-state index < -0.39 is 0 Å². The monoisotopic (exact) mass is 554 g/mol. The lowest BCUT2D eigenvalue weighted by molar-refractivity contribution is 1.07. The zero-order valence-electron chi connectivity index (χ0n) is 22.8. The number of benzene rings is 6. The van der Waals surface area contributed by atoms with Gasteiger partial charge in [0.1, 0.15) is 5.82 Å². The minimum absolute atomic E-state index is 0.924. The van der Waals surface area contributed by atoms with Crippen molar-refractivity contribution in [3.8, 4) is 50.7 Å². The zero-order chi connectivity index (χ0) is 27.9. The van der Waals surface area contributed by atoms with Crippen LogP contribution in [0.1, 0.15) is 0 Å². The number of nitrogens with zero attached hydrogens (tertiary/aromatic N) is 2. The second-order valence-corrected chi connectivity index (χ2v) is 11.4. The van der Waals surface area contributed by atoms with Gasteiger partial charge in [0.2, 0.25) is 0 Å². The molecule has 6 aromatic carbocycles. The highest BCUT2D eigenvalue weighted by molar-refractivity contribution is 7.26. The maximum Gasteiger partial charge on any atom is 0.145 e. The van der Waals surface area contributed by atoms with Crippen molar-refractivity contribution in [1.82, 2.24) is 9.55 Å². The molecule has 0 amide bonds. The molecule has 0 aliphatic heterocycles. The molecule has 0 N–H and O–H groups in total. The minimum Gasteiger partial charge on any atom is -0.292 e. The third-order valence-electron chi connectivity index (χ3n) is 7.84. The van der Waals surface area contributed by atoms with Crippen molar-refractivity contribution in [3.63, 3.8) is 0 Å². The van der Waals surface area contributed by atoms with Gasteiger partial charge in [-0.2, -0.15) is 0 Å². The van der Waals surface area contributed by atoms with Crippen molar-refractivity contribution in [3.05, 3.63) is 158 Å². The van der Waals surface area contributed by atoms with Gasteiger partial charge >= 0.3 is 0 Å². The van der Waals surface area contributed by atoms with Crippen LogP contribution in [0.4, 0.5) is 0 Å². The van der Waals surface area contributed by atoms with Crippen molar-refractivity contribution in [2.24, 2.45) is 0 Å². The zero-order valence-corrected chi connectivity index (χ0v) is 23.6. The Morgan fingerprint density at radius 3 is 1.76 bits per heavy atom. The molecule has 0 aliphatic rings. The summed E-state index contributed by atoms with van der Waals surface area (Å²) >= 11 is 1.87. The van der Waals surface area contributed by atoms with E-state index in [1.54, 1.807) is 0 Å². The Kier molecular flexibility index (Phi) is 6.02. The van der Waals surface area contributed by atoms with Crippen LogP contribution < -0.4 is 0 Å². The number of rotatable bonds is 5. The molecule has 0 spiro atoms. The standard InChI is InChI=1S/C39H26N2S/c1-4-13-28(14-5-1)36-37(29-15-6-2-7-16-29)41(39(40-36)30-17-8-3-9-18-30)31-25-23-27(24-26-31)32-20-12-21-34-33-19-10-11-22-35(33)42-38(32)34/h1-26H. The molecule has 0 bridgehead atoms. The molecule has 3 heteroatoms. The molecule has 0 saturated carbocycles. The first-order chi connectivity index (χ1) is 20.8. The minimum atomic E-state index is 0.924. The molecule has 42 heavy (non-hydrogen) atoms. The van der Waals surface area contributed by atoms with Crippen LogP contribution in [-0.2, 0) is 0 Å². The summed E-state index contributed by atoms with van der Waals surface area (Å²) in [5, 5.41) is 2.64. The first-order valence-electron chi connectivity index (χ1n) is 14.2. The van der Waals surface area contributed by atoms with Crippen LogP contribution in [0.25, 0.3) is 70.9 Å². The maximum atomic E-state index is 5.31. The molecule has 0 fully saturated rings. The van der Waals surface area contributed by atoms with Crippen LogP contribution in [0.2, 0.25) is 0 Å². The Hall–Kier alpha value is -5.25. The molecule has 0 saturated heterocycles. The molecular formula is C39H26N2S. The van der Waals surface area contributed by atoms with E-state index in [1.807, 2.05) is 11.3 Å². The Bertz CT molecular complexity index is 2160. The molecule has 0 unspecified atom stereocenters. The van der Waals surface area contributed by atoms with Gasteiger partial charge in [0.15, 0.2) is 0 Å². The fourth-order valence-corrected chi connectivity index (χ4v) is 7.11. The molecule has 8 rings (SSSR count). The normalized spacial score (nSPS) is 11.3. The van der Waals surface area contributed by atoms with Gasteiger partial charge in [-0.05, 0) is 29.3 Å². The van der Waals surface area contributed by atoms with E-state index in [2.05, 4.69) is 162 Å². The van der Waals surface area contributed by atoms with Gasteiger partial charge in [-0.25, -0.2) is 4.98 Å². The topological polar surface area (TPSA) is 17.8 Å². The summed E-state index contributed by atoms with van der Waals surface area (Å²) in [5.74, 6) is 0.924. The summed E-state index contributed by atoms with van der Waals surface area (Å²) in [5.41, 5.74) is 8.92. The number of thiophene rings is 1. The van der Waals surface area contributed by atoms with Crippen LogP contribution in [0.15, 0.2) is 158 Å². The van der Waals surface area contributed by atoms with Crippen LogP contribution in [0.5, 0.6) is 0 Å². The lowest BCUT2D eigenvalue weighted by atomic mass is 10.0. The summed E-state index contributed by atoms with van der Waals surface area (Å²) < 4.78 is 4.97. The first kappa shape index (κ1) is 24.5. The summed E-state index contributed by atoms with van der Waals surface area (Å²) in [7, 11) is 0. The molecule has 0 radical (unpaired) electrons. The van der Waals surface area contributed by atoms with Gasteiger partial charge in [-0.15, -0.1) is 11.3 Å². The third kappa shape index (κ3) is 4.14. The second-order valence-electron chi connectivity index (χ2n) is 10.4. The summed E-state index contributed by atoms with van der Waals surface area (Å²) in [6, 6.07) is 55.9. The van der Waals surface area contributed by atoms with Gasteiger partial charge in [0, 0.05) is 42.6 Å². The molecular weight excluding hydrogens is 529 g/mol. The number of aromatic nitrogens is 2. The second kappa shape index (κ2) is 10.3. The van der Waals surface area contributed by atoms with Crippen LogP contribution in [0.3, 0.4) is 0 Å². The molecule has 2 heterocycles. The Morgan fingerprint density at radius 1 is 0.452 bits per heavy atom. The molecule has 8 aromatic rings. The van der Waals surface area contributed by atoms with Crippen molar-refractivity contribution in [2.45, 2.75) is 0 Å². The largest absolute Gasteiger partial charge is 0.292 e. The molecule has 2 aromatic heterocycles. The summed E-state index contributed by atoms with van der Waals surface area (Å²) in [4.78, 5) is 5.31. The molecule has 0 atom stereocenters. The number of fused-ring (bicyclic) bond motifs is 3. The Morgan fingerprint density at radius 2 is 1.05 bits per heavy atom. The maximum absolute atomic E-state index is 5.31. The summed E-state index contributed by atoms with van der Waals surface area (Å²) in [6.07, 6.45) is 0. The smallest absolute Gasteiger partial charge is 0.145 e. The van der Waals surface area contributed by atoms with E-state index in [0.717, 1.165) is 39.6 Å². The van der Waals surface area contributed by atoms with Gasteiger partial charge in [-0.1, -0.05) is 140 Å². The molecule has 2 nitrogen and oxygen atoms in total. The van der Waals surface area contributed by atoms with E-state index in [9.17, 15) is 0 Å². The van der Waals surface area contributed by atoms with Gasteiger partial charge in [-0.3, -0.25) is 4.57 Å². The molecule has 198 valence electrons. The van der Waals surface area contributed by atoms with E-state index in [1.165, 1.54) is 31.3 Å². The van der Waals surface area contributed by atoms with Crippen molar-refractivity contribution in [2.75, 3.05) is 0 Å². The number of imidazole rings is 1. The highest BCUT2D eigenvalue weighted by Gasteiger charge is 2.22. The number of hydrogen-bond acceptors (Lipinski definition) is 2. The van der Waals surface area contributed by atoms with Gasteiger partial charge in [0.25, 0.3) is 0 Å². The average Bonchev–Trinajstić information content (AvgIpc) is 3.66. The van der Waals surface area contributed by atoms with E-state index >= 15 is 0 Å². The average molecular weight is 555 g/mol. The first-order valence-corrected chi connectivity index (χ1v) is 15.0. The predicted octanol–water partition coefficient (Wildman–Crippen LogP) is 10.9. The van der Waals surface area contributed by atoms with Crippen molar-refractivity contribution in [1.29, 1.82) is 0 Å². The molecule has 0 aliphatic carbocycles. The fraction of sp³-hybridized carbons (Fsp3) is 0. The van der Waals surface area contributed by atoms with Crippen LogP contribution in [-0.4, -0.2) is 9.55 Å². The van der Waals surface area contributed by atoms with Gasteiger partial charge in [0.05, 0.1) is 11.4 Å². The van der Waals surface area contributed by atoms with Crippen molar-refractivity contribution >= 4 is 31.5 Å². The van der Waals surface area contributed by atoms with E-state index in [-0.39, 0.29) is 0 Å². The predicted molar refractivity (Wildman–Crippen MR) is 178 cm³/mol. The lowest BCUT2D eigenvalue weighted by Gasteiger charge is -2.14. The van der Waals surface area contributed by atoms with Gasteiger partial charge < -0.3 is 0 Å². The van der Waals surface area contributed by atoms with Crippen LogP contribution >= 0.6 is 11.3 Å². The third-order valence-corrected chi connectivity index (χ3v) is 9.06. The van der Waals surface area contributed by atoms with Crippen LogP contribution in [0, 0.1) is 0 Å². The van der Waals surface area contributed by atoms with E-state index in [0.29, 0.717) is 0 Å². The lowest BCUT2D eigenvalue weighted by Crippen LogP contribution is -2.00. The van der Waals surface area contributed by atoms with E-state index in [4.69, 9.17) is 4.98 Å². The highest BCUT2D eigenvalue weighted by Crippen LogP contribution is 2.41.